The van der Waals surface area contributed by atoms with Crippen LogP contribution in [0.15, 0.2) is 72.9 Å². The van der Waals surface area contributed by atoms with Gasteiger partial charge in [-0.15, -0.1) is 0 Å². The number of rotatable bonds is 6. The molecule has 0 atom stereocenters. The number of hydrogen-bond acceptors (Lipinski definition) is 4. The van der Waals surface area contributed by atoms with E-state index in [2.05, 4.69) is 15.2 Å². The third-order valence-electron chi connectivity index (χ3n) is 7.22. The van der Waals surface area contributed by atoms with Gasteiger partial charge in [0.05, 0.1) is 17.4 Å². The average Bonchev–Trinajstić information content (AvgIpc) is 2.90. The number of likely N-dealkylation sites (tertiary alicyclic amines) is 1. The van der Waals surface area contributed by atoms with Crippen molar-refractivity contribution in [3.8, 4) is 17.0 Å². The highest BCUT2D eigenvalue weighted by Crippen LogP contribution is 2.28. The van der Waals surface area contributed by atoms with Crippen molar-refractivity contribution >= 4 is 5.91 Å². The van der Waals surface area contributed by atoms with E-state index in [-0.39, 0.29) is 17.8 Å². The van der Waals surface area contributed by atoms with E-state index in [1.54, 1.807) is 24.4 Å². The highest BCUT2D eigenvalue weighted by molar-refractivity contribution is 5.94. The lowest BCUT2D eigenvalue weighted by atomic mass is 9.90. The monoisotopic (exact) mass is 473 g/mol. The molecule has 35 heavy (non-hydrogen) atoms. The van der Waals surface area contributed by atoms with E-state index in [1.807, 2.05) is 36.4 Å². The van der Waals surface area contributed by atoms with E-state index in [4.69, 9.17) is 4.74 Å². The lowest BCUT2D eigenvalue weighted by Crippen LogP contribution is -2.49. The minimum atomic E-state index is -0.300. The van der Waals surface area contributed by atoms with Crippen LogP contribution in [0.5, 0.6) is 5.75 Å². The minimum absolute atomic E-state index is 0.0969. The number of benzene rings is 2. The number of hydrogen-bond donors (Lipinski definition) is 1. The van der Waals surface area contributed by atoms with Gasteiger partial charge in [-0.2, -0.15) is 0 Å². The van der Waals surface area contributed by atoms with Crippen LogP contribution in [-0.2, 0) is 0 Å². The SMILES string of the molecule is O=C(NC1CCN(C2CCC(Oc3ccccc3)CC2)CC1)c1ccc(-c2cccc(F)c2)nc1. The van der Waals surface area contributed by atoms with Crippen LogP contribution in [0.2, 0.25) is 0 Å². The summed E-state index contributed by atoms with van der Waals surface area (Å²) in [5, 5.41) is 3.18. The number of nitrogens with one attached hydrogen (secondary N) is 1. The van der Waals surface area contributed by atoms with Crippen LogP contribution in [0.25, 0.3) is 11.3 Å². The van der Waals surface area contributed by atoms with E-state index in [0.717, 1.165) is 57.4 Å². The standard InChI is InChI=1S/C29H32FN3O2/c30-23-6-4-5-21(19-23)28-14-9-22(20-31-28)29(34)32-24-15-17-33(18-16-24)25-10-12-27(13-11-25)35-26-7-2-1-3-8-26/h1-9,14,19-20,24-25,27H,10-13,15-18H2,(H,32,34). The Balaban J connectivity index is 1.06. The van der Waals surface area contributed by atoms with Crippen LogP contribution in [0.4, 0.5) is 4.39 Å². The zero-order valence-corrected chi connectivity index (χ0v) is 19.9. The molecule has 2 fully saturated rings. The Kier molecular flexibility index (Phi) is 7.38. The second kappa shape index (κ2) is 11.0. The molecule has 5 rings (SSSR count). The second-order valence-corrected chi connectivity index (χ2v) is 9.59. The minimum Gasteiger partial charge on any atom is -0.490 e. The first-order chi connectivity index (χ1) is 17.1. The van der Waals surface area contributed by atoms with Gasteiger partial charge in [0, 0.05) is 36.9 Å². The molecule has 1 aliphatic carbocycles. The zero-order chi connectivity index (χ0) is 24.0. The predicted molar refractivity (Wildman–Crippen MR) is 135 cm³/mol. The number of ether oxygens (including phenoxy) is 1. The van der Waals surface area contributed by atoms with Gasteiger partial charge < -0.3 is 15.0 Å². The van der Waals surface area contributed by atoms with E-state index >= 15 is 0 Å². The summed E-state index contributed by atoms with van der Waals surface area (Å²) in [6.45, 7) is 2.02. The van der Waals surface area contributed by atoms with Gasteiger partial charge in [0.25, 0.3) is 5.91 Å². The fraction of sp³-hybridized carbons (Fsp3) is 0.379. The number of pyridine rings is 1. The fourth-order valence-electron chi connectivity index (χ4n) is 5.24. The number of carbonyl (C=O) groups is 1. The van der Waals surface area contributed by atoms with Gasteiger partial charge in [-0.05, 0) is 74.9 Å². The Hall–Kier alpha value is -3.25. The highest BCUT2D eigenvalue weighted by atomic mass is 19.1. The average molecular weight is 474 g/mol. The van der Waals surface area contributed by atoms with E-state index in [9.17, 15) is 9.18 Å². The first kappa shape index (κ1) is 23.5. The summed E-state index contributed by atoms with van der Waals surface area (Å²) in [6.07, 6.45) is 8.31. The second-order valence-electron chi connectivity index (χ2n) is 9.59. The zero-order valence-electron chi connectivity index (χ0n) is 19.9. The van der Waals surface area contributed by atoms with E-state index in [0.29, 0.717) is 29.0 Å². The lowest BCUT2D eigenvalue weighted by molar-refractivity contribution is 0.0675. The highest BCUT2D eigenvalue weighted by Gasteiger charge is 2.30. The van der Waals surface area contributed by atoms with Crippen molar-refractivity contribution in [1.82, 2.24) is 15.2 Å². The summed E-state index contributed by atoms with van der Waals surface area (Å²) < 4.78 is 19.6. The van der Waals surface area contributed by atoms with Gasteiger partial charge in [0.15, 0.2) is 0 Å². The molecule has 1 amide bonds. The van der Waals surface area contributed by atoms with Gasteiger partial charge in [0.1, 0.15) is 11.6 Å². The summed E-state index contributed by atoms with van der Waals surface area (Å²) in [5.74, 6) is 0.567. The van der Waals surface area contributed by atoms with Crippen molar-refractivity contribution < 1.29 is 13.9 Å². The largest absolute Gasteiger partial charge is 0.490 e. The maximum atomic E-state index is 13.5. The summed E-state index contributed by atoms with van der Waals surface area (Å²) in [5.41, 5.74) is 1.88. The molecule has 1 N–H and O–H groups in total. The molecule has 1 aliphatic heterocycles. The number of nitrogens with zero attached hydrogens (tertiary/aromatic N) is 2. The molecule has 6 heteroatoms. The number of piperidine rings is 1. The molecule has 182 valence electrons. The molecule has 2 aromatic carbocycles. The Morgan fingerprint density at radius 1 is 0.914 bits per heavy atom. The molecule has 0 bridgehead atoms. The van der Waals surface area contributed by atoms with Gasteiger partial charge in [0.2, 0.25) is 0 Å². The third kappa shape index (κ3) is 6.06. The lowest BCUT2D eigenvalue weighted by Gasteiger charge is -2.40. The molecule has 0 radical (unpaired) electrons. The number of halogens is 1. The van der Waals surface area contributed by atoms with Crippen molar-refractivity contribution in [2.45, 2.75) is 56.7 Å². The van der Waals surface area contributed by atoms with Gasteiger partial charge in [-0.25, -0.2) is 4.39 Å². The van der Waals surface area contributed by atoms with Crippen LogP contribution in [0.1, 0.15) is 48.9 Å². The molecule has 1 aromatic heterocycles. The molecule has 3 aromatic rings. The van der Waals surface area contributed by atoms with Crippen molar-refractivity contribution in [2.75, 3.05) is 13.1 Å². The summed E-state index contributed by atoms with van der Waals surface area (Å²) >= 11 is 0. The predicted octanol–water partition coefficient (Wildman–Crippen LogP) is 5.47. The van der Waals surface area contributed by atoms with Crippen molar-refractivity contribution in [3.05, 3.63) is 84.3 Å². The number of aromatic nitrogens is 1. The fourth-order valence-corrected chi connectivity index (χ4v) is 5.24. The van der Waals surface area contributed by atoms with Crippen molar-refractivity contribution in [3.63, 3.8) is 0 Å². The third-order valence-corrected chi connectivity index (χ3v) is 7.22. The van der Waals surface area contributed by atoms with Crippen LogP contribution in [0, 0.1) is 5.82 Å². The molecule has 1 saturated carbocycles. The number of carbonyl (C=O) groups excluding carboxylic acids is 1. The van der Waals surface area contributed by atoms with Crippen LogP contribution in [0.3, 0.4) is 0 Å². The van der Waals surface area contributed by atoms with Crippen molar-refractivity contribution in [2.24, 2.45) is 0 Å². The quantitative estimate of drug-likeness (QED) is 0.516. The summed E-state index contributed by atoms with van der Waals surface area (Å²) in [6, 6.07) is 20.7. The Morgan fingerprint density at radius 3 is 2.37 bits per heavy atom. The van der Waals surface area contributed by atoms with Crippen LogP contribution >= 0.6 is 0 Å². The van der Waals surface area contributed by atoms with Crippen LogP contribution in [-0.4, -0.2) is 47.1 Å². The van der Waals surface area contributed by atoms with Crippen LogP contribution < -0.4 is 10.1 Å². The molecule has 2 heterocycles. The molecule has 0 spiro atoms. The van der Waals surface area contributed by atoms with Gasteiger partial charge in [-0.1, -0.05) is 30.3 Å². The van der Waals surface area contributed by atoms with Gasteiger partial charge in [-0.3, -0.25) is 9.78 Å². The molecule has 2 aliphatic rings. The maximum Gasteiger partial charge on any atom is 0.253 e. The number of amides is 1. The number of para-hydroxylation sites is 1. The molecular formula is C29H32FN3O2. The Morgan fingerprint density at radius 2 is 1.69 bits per heavy atom. The first-order valence-corrected chi connectivity index (χ1v) is 12.6. The summed E-state index contributed by atoms with van der Waals surface area (Å²) in [4.78, 5) is 19.7. The van der Waals surface area contributed by atoms with E-state index < -0.39 is 0 Å². The molecule has 5 nitrogen and oxygen atoms in total. The molecule has 1 saturated heterocycles. The normalized spacial score (nSPS) is 21.4. The smallest absolute Gasteiger partial charge is 0.253 e. The Bertz CT molecular complexity index is 1110. The molecular weight excluding hydrogens is 441 g/mol. The summed E-state index contributed by atoms with van der Waals surface area (Å²) in [7, 11) is 0. The first-order valence-electron chi connectivity index (χ1n) is 12.6. The topological polar surface area (TPSA) is 54.5 Å². The van der Waals surface area contributed by atoms with Gasteiger partial charge >= 0.3 is 0 Å². The Labute approximate surface area is 206 Å². The maximum absolute atomic E-state index is 13.5. The van der Waals surface area contributed by atoms with E-state index in [1.165, 1.54) is 12.1 Å². The van der Waals surface area contributed by atoms with Crippen molar-refractivity contribution in [1.29, 1.82) is 0 Å². The molecule has 0 unspecified atom stereocenters.